The number of amides is 1. The molecule has 3 heterocycles. The van der Waals surface area contributed by atoms with Crippen LogP contribution in [0, 0.1) is 17.8 Å². The molecule has 228 valence electrons. The maximum Gasteiger partial charge on any atom is 0.307 e. The number of carbonyl (C=O) groups excluding carboxylic acids is 3. The molecule has 42 heavy (non-hydrogen) atoms. The van der Waals surface area contributed by atoms with Crippen LogP contribution >= 0.6 is 0 Å². The van der Waals surface area contributed by atoms with Gasteiger partial charge in [-0.2, -0.15) is 0 Å². The van der Waals surface area contributed by atoms with Gasteiger partial charge in [-0.1, -0.05) is 25.3 Å². The number of morpholine rings is 1. The molecule has 9 atom stereocenters. The highest BCUT2D eigenvalue weighted by Gasteiger charge is 2.60. The highest BCUT2D eigenvalue weighted by molar-refractivity contribution is 6.20. The summed E-state index contributed by atoms with van der Waals surface area (Å²) in [5.41, 5.74) is 0.997. The van der Waals surface area contributed by atoms with Crippen molar-refractivity contribution in [1.82, 2.24) is 20.5 Å². The smallest absolute Gasteiger partial charge is 0.307 e. The maximum atomic E-state index is 16.0. The number of Topliss-reactive ketones (excluding diaryl/α,β-unsaturated/α-hetero) is 1. The number of aromatic nitrogens is 1. The van der Waals surface area contributed by atoms with Gasteiger partial charge in [0.15, 0.2) is 5.78 Å². The van der Waals surface area contributed by atoms with E-state index in [0.717, 1.165) is 25.0 Å². The van der Waals surface area contributed by atoms with Crippen LogP contribution in [-0.4, -0.2) is 83.7 Å². The number of fused-ring (bicyclic) bond motifs is 4. The third kappa shape index (κ3) is 5.72. The molecule has 9 nitrogen and oxygen atoms in total. The van der Waals surface area contributed by atoms with E-state index in [9.17, 15) is 14.4 Å². The number of ether oxygens (including phenoxy) is 2. The number of hydrogen-bond donors (Lipinski definition) is 2. The van der Waals surface area contributed by atoms with Crippen molar-refractivity contribution >= 4 is 17.7 Å². The van der Waals surface area contributed by atoms with Gasteiger partial charge in [0.2, 0.25) is 0 Å². The lowest BCUT2D eigenvalue weighted by Gasteiger charge is -2.62. The molecule has 4 fully saturated rings. The van der Waals surface area contributed by atoms with Gasteiger partial charge in [-0.05, 0) is 56.6 Å². The molecule has 0 radical (unpaired) electrons. The van der Waals surface area contributed by atoms with E-state index in [4.69, 9.17) is 9.47 Å². The van der Waals surface area contributed by atoms with Gasteiger partial charge in [-0.3, -0.25) is 19.4 Å². The molecule has 5 aliphatic rings. The van der Waals surface area contributed by atoms with Crippen molar-refractivity contribution in [3.8, 4) is 0 Å². The van der Waals surface area contributed by atoms with Crippen molar-refractivity contribution in [1.29, 1.82) is 0 Å². The minimum Gasteiger partial charge on any atom is -0.466 e. The number of pyridine rings is 1. The van der Waals surface area contributed by atoms with Crippen LogP contribution in [0.3, 0.4) is 0 Å². The number of hydrogen-bond acceptors (Lipinski definition) is 8. The van der Waals surface area contributed by atoms with Crippen LogP contribution in [0.25, 0.3) is 0 Å². The molecule has 1 saturated heterocycles. The molecule has 0 bridgehead atoms. The second kappa shape index (κ2) is 12.8. The molecule has 0 spiro atoms. The number of nitrogens with zero attached hydrogens (tertiary/aromatic N) is 2. The Kier molecular flexibility index (Phi) is 8.90. The van der Waals surface area contributed by atoms with Crippen LogP contribution < -0.4 is 10.6 Å². The highest BCUT2D eigenvalue weighted by Crippen LogP contribution is 2.51. The number of alkyl halides is 1. The summed E-state index contributed by atoms with van der Waals surface area (Å²) < 4.78 is 27.8. The molecular formula is C32H43FN4O5. The van der Waals surface area contributed by atoms with Crippen LogP contribution in [0.1, 0.15) is 64.0 Å². The first-order valence-electron chi connectivity index (χ1n) is 15.9. The fraction of sp³-hybridized carbons (Fsp3) is 0.688. The van der Waals surface area contributed by atoms with Gasteiger partial charge in [0.05, 0.1) is 48.9 Å². The SMILES string of the molecule is CCOC(=O)CCNC(=O)C1=CN2C3C(CCC4CCCCC43)OC3C(NCCc4ccccn4)C(F)CC(C1=O)C32. The third-order valence-electron chi connectivity index (χ3n) is 10.1. The highest BCUT2D eigenvalue weighted by atomic mass is 19.1. The minimum atomic E-state index is -1.29. The van der Waals surface area contributed by atoms with E-state index in [1.807, 2.05) is 18.2 Å². The van der Waals surface area contributed by atoms with Gasteiger partial charge in [-0.15, -0.1) is 0 Å². The molecule has 1 amide bonds. The van der Waals surface area contributed by atoms with E-state index < -0.39 is 36.1 Å². The number of carbonyl (C=O) groups is 3. The van der Waals surface area contributed by atoms with Crippen LogP contribution in [0.5, 0.6) is 0 Å². The molecule has 10 heteroatoms. The quantitative estimate of drug-likeness (QED) is 0.338. The summed E-state index contributed by atoms with van der Waals surface area (Å²) in [7, 11) is 0. The molecule has 1 aromatic heterocycles. The fourth-order valence-corrected chi connectivity index (χ4v) is 8.33. The van der Waals surface area contributed by atoms with Gasteiger partial charge in [0.25, 0.3) is 5.91 Å². The Morgan fingerprint density at radius 2 is 2.00 bits per heavy atom. The van der Waals surface area contributed by atoms with Crippen LogP contribution in [-0.2, 0) is 30.3 Å². The monoisotopic (exact) mass is 582 g/mol. The Labute approximate surface area is 247 Å². The average Bonchev–Trinajstić information content (AvgIpc) is 3.00. The molecule has 1 aromatic rings. The van der Waals surface area contributed by atoms with Gasteiger partial charge < -0.3 is 25.0 Å². The first kappa shape index (κ1) is 29.2. The third-order valence-corrected chi connectivity index (χ3v) is 10.1. The lowest BCUT2D eigenvalue weighted by Crippen LogP contribution is -2.74. The Morgan fingerprint density at radius 1 is 1.14 bits per heavy atom. The van der Waals surface area contributed by atoms with E-state index in [-0.39, 0.29) is 55.5 Å². The van der Waals surface area contributed by atoms with Crippen molar-refractivity contribution in [3.63, 3.8) is 0 Å². The molecule has 3 aliphatic carbocycles. The average molecular weight is 583 g/mol. The van der Waals surface area contributed by atoms with Crippen molar-refractivity contribution in [2.45, 2.75) is 101 Å². The molecule has 3 saturated carbocycles. The van der Waals surface area contributed by atoms with Crippen molar-refractivity contribution < 1.29 is 28.2 Å². The van der Waals surface area contributed by atoms with Crippen molar-refractivity contribution in [3.05, 3.63) is 41.9 Å². The molecule has 2 N–H and O–H groups in total. The van der Waals surface area contributed by atoms with Gasteiger partial charge >= 0.3 is 5.97 Å². The summed E-state index contributed by atoms with van der Waals surface area (Å²) in [5.74, 6) is -0.876. The maximum absolute atomic E-state index is 16.0. The number of esters is 1. The zero-order valence-electron chi connectivity index (χ0n) is 24.4. The van der Waals surface area contributed by atoms with Crippen LogP contribution in [0.2, 0.25) is 0 Å². The van der Waals surface area contributed by atoms with Gasteiger partial charge in [-0.25, -0.2) is 4.39 Å². The lowest BCUT2D eigenvalue weighted by atomic mass is 9.63. The van der Waals surface area contributed by atoms with Crippen LogP contribution in [0.4, 0.5) is 4.39 Å². The van der Waals surface area contributed by atoms with E-state index in [1.165, 1.54) is 19.3 Å². The van der Waals surface area contributed by atoms with E-state index in [0.29, 0.717) is 24.8 Å². The Morgan fingerprint density at radius 3 is 2.81 bits per heavy atom. The number of rotatable bonds is 9. The zero-order chi connectivity index (χ0) is 29.2. The van der Waals surface area contributed by atoms with Gasteiger partial charge in [0.1, 0.15) is 6.17 Å². The second-order valence-electron chi connectivity index (χ2n) is 12.5. The lowest BCUT2D eigenvalue weighted by molar-refractivity contribution is -0.215. The van der Waals surface area contributed by atoms with E-state index in [1.54, 1.807) is 19.3 Å². The van der Waals surface area contributed by atoms with Crippen molar-refractivity contribution in [2.24, 2.45) is 17.8 Å². The Bertz CT molecular complexity index is 1180. The molecule has 6 rings (SSSR count). The molecule has 9 unspecified atom stereocenters. The Hall–Kier alpha value is -2.85. The topological polar surface area (TPSA) is 110 Å². The summed E-state index contributed by atoms with van der Waals surface area (Å²) >= 11 is 0. The largest absolute Gasteiger partial charge is 0.466 e. The normalized spacial score (nSPS) is 35.3. The summed E-state index contributed by atoms with van der Waals surface area (Å²) in [6, 6.07) is 4.97. The number of nitrogens with one attached hydrogen (secondary N) is 2. The van der Waals surface area contributed by atoms with E-state index >= 15 is 4.39 Å². The molecular weight excluding hydrogens is 539 g/mol. The van der Waals surface area contributed by atoms with Gasteiger partial charge in [0, 0.05) is 43.5 Å². The Balaban J connectivity index is 1.26. The first-order valence-corrected chi connectivity index (χ1v) is 15.9. The molecule has 2 aliphatic heterocycles. The summed E-state index contributed by atoms with van der Waals surface area (Å²) in [6.07, 6.45) is 9.10. The predicted molar refractivity (Wildman–Crippen MR) is 153 cm³/mol. The second-order valence-corrected chi connectivity index (χ2v) is 12.5. The number of ketones is 1. The number of halogens is 1. The summed E-state index contributed by atoms with van der Waals surface area (Å²) in [6.45, 7) is 2.63. The van der Waals surface area contributed by atoms with Crippen LogP contribution in [0.15, 0.2) is 36.2 Å². The fourth-order valence-electron chi connectivity index (χ4n) is 8.33. The standard InChI is InChI=1S/C32H43FN4O5/c1-2-41-26(38)13-16-36-32(40)23-18-37-28-21-9-4-3-7-19(21)10-11-25(28)42-31-27(24(33)17-22(29(31)37)30(23)39)35-15-12-20-8-5-6-14-34-20/h5-6,8,14,18-19,21-22,24-25,27-29,31,35H,2-4,7,9-13,15-17H2,1H3,(H,36,40). The molecule has 0 aromatic carbocycles. The summed E-state index contributed by atoms with van der Waals surface area (Å²) in [4.78, 5) is 45.6. The minimum absolute atomic E-state index is 0.0274. The van der Waals surface area contributed by atoms with Crippen molar-refractivity contribution in [2.75, 3.05) is 19.7 Å². The zero-order valence-corrected chi connectivity index (χ0v) is 24.4. The first-order chi connectivity index (χ1) is 20.5. The summed E-state index contributed by atoms with van der Waals surface area (Å²) in [5, 5.41) is 6.17. The van der Waals surface area contributed by atoms with E-state index in [2.05, 4.69) is 20.5 Å². The predicted octanol–water partition coefficient (Wildman–Crippen LogP) is 2.88.